The van der Waals surface area contributed by atoms with Crippen molar-refractivity contribution in [1.29, 1.82) is 0 Å². The number of Topliss-reactive ketones (excluding diaryl/α,β-unsaturated/α-hetero) is 1. The second-order valence-electron chi connectivity index (χ2n) is 7.43. The van der Waals surface area contributed by atoms with E-state index in [1.165, 1.54) is 19.2 Å². The summed E-state index contributed by atoms with van der Waals surface area (Å²) in [6.07, 6.45) is 0.404. The first-order valence-corrected chi connectivity index (χ1v) is 10.0. The number of dihydropyridines is 1. The lowest BCUT2D eigenvalue weighted by molar-refractivity contribution is -0.151. The topological polar surface area (TPSA) is 81.7 Å². The highest BCUT2D eigenvalue weighted by Crippen LogP contribution is 2.45. The molecule has 1 aliphatic carbocycles. The monoisotopic (exact) mass is 435 g/mol. The lowest BCUT2D eigenvalue weighted by Crippen LogP contribution is -2.43. The Morgan fingerprint density at radius 2 is 2.03 bits per heavy atom. The molecule has 6 nitrogen and oxygen atoms in total. The van der Waals surface area contributed by atoms with Crippen LogP contribution < -0.4 is 5.32 Å². The molecule has 0 aromatic heterocycles. The third-order valence-corrected chi connectivity index (χ3v) is 5.82. The summed E-state index contributed by atoms with van der Waals surface area (Å²) in [5, 5.41) is 3.06. The fourth-order valence-corrected chi connectivity index (χ4v) is 4.30. The largest absolute Gasteiger partial charge is 0.468 e. The van der Waals surface area contributed by atoms with Gasteiger partial charge in [0.15, 0.2) is 5.78 Å². The molecule has 0 spiro atoms. The van der Waals surface area contributed by atoms with E-state index in [0.29, 0.717) is 23.4 Å². The standard InChI is InChI=1S/C22H23ClFNO5/c1-5-30-22(28)17-11(3)25-15-8-10(2)16(21(27)29-4)20(26)19(15)18(17)12-6-7-13(23)14(24)9-12/h6-7,9-10,16,18,25H,5,8H2,1-4H3/t10-,16-,18-/m1/s1. The fraction of sp³-hybridized carbons (Fsp3) is 0.409. The Morgan fingerprint density at radius 1 is 1.33 bits per heavy atom. The molecule has 1 aromatic carbocycles. The summed E-state index contributed by atoms with van der Waals surface area (Å²) in [5.74, 6) is -4.55. The third kappa shape index (κ3) is 3.74. The molecular formula is C22H23ClFNO5. The van der Waals surface area contributed by atoms with Gasteiger partial charge in [-0.1, -0.05) is 24.6 Å². The van der Waals surface area contributed by atoms with E-state index in [4.69, 9.17) is 21.1 Å². The van der Waals surface area contributed by atoms with E-state index in [9.17, 15) is 18.8 Å². The Hall–Kier alpha value is -2.67. The molecule has 0 unspecified atom stereocenters. The molecule has 1 heterocycles. The second kappa shape index (κ2) is 8.60. The second-order valence-corrected chi connectivity index (χ2v) is 7.84. The number of halogens is 2. The van der Waals surface area contributed by atoms with Crippen LogP contribution in [0.15, 0.2) is 40.7 Å². The predicted octanol–water partition coefficient (Wildman–Crippen LogP) is 3.66. The van der Waals surface area contributed by atoms with Crippen LogP contribution in [-0.2, 0) is 23.9 Å². The van der Waals surface area contributed by atoms with Crippen LogP contribution in [0.2, 0.25) is 5.02 Å². The number of hydrogen-bond acceptors (Lipinski definition) is 6. The summed E-state index contributed by atoms with van der Waals surface area (Å²) < 4.78 is 24.3. The van der Waals surface area contributed by atoms with Crippen LogP contribution in [0.3, 0.4) is 0 Å². The summed E-state index contributed by atoms with van der Waals surface area (Å²) in [6, 6.07) is 4.14. The van der Waals surface area contributed by atoms with Crippen LogP contribution in [0.4, 0.5) is 4.39 Å². The van der Waals surface area contributed by atoms with Crippen molar-refractivity contribution < 1.29 is 28.2 Å². The highest BCUT2D eigenvalue weighted by atomic mass is 35.5. The zero-order valence-corrected chi connectivity index (χ0v) is 17.9. The molecule has 0 saturated heterocycles. The highest BCUT2D eigenvalue weighted by molar-refractivity contribution is 6.30. The molecule has 1 aromatic rings. The van der Waals surface area contributed by atoms with Gasteiger partial charge in [-0.05, 0) is 43.9 Å². The molecule has 0 saturated carbocycles. The van der Waals surface area contributed by atoms with Crippen LogP contribution in [0.25, 0.3) is 0 Å². The maximum absolute atomic E-state index is 14.3. The number of hydrogen-bond donors (Lipinski definition) is 1. The summed E-state index contributed by atoms with van der Waals surface area (Å²) in [6.45, 7) is 5.31. The van der Waals surface area contributed by atoms with E-state index in [1.807, 2.05) is 0 Å². The number of ketones is 1. The van der Waals surface area contributed by atoms with Gasteiger partial charge < -0.3 is 14.8 Å². The summed E-state index contributed by atoms with van der Waals surface area (Å²) >= 11 is 5.83. The number of methoxy groups -OCH3 is 1. The van der Waals surface area contributed by atoms with Crippen molar-refractivity contribution in [3.63, 3.8) is 0 Å². The quantitative estimate of drug-likeness (QED) is 0.574. The van der Waals surface area contributed by atoms with Gasteiger partial charge >= 0.3 is 11.9 Å². The average molecular weight is 436 g/mol. The molecule has 3 atom stereocenters. The van der Waals surface area contributed by atoms with Gasteiger partial charge in [0, 0.05) is 22.9 Å². The molecular weight excluding hydrogens is 413 g/mol. The Kier molecular flexibility index (Phi) is 6.31. The average Bonchev–Trinajstić information content (AvgIpc) is 2.68. The summed E-state index contributed by atoms with van der Waals surface area (Å²) in [7, 11) is 1.23. The number of benzene rings is 1. The number of ether oxygens (including phenoxy) is 2. The number of esters is 2. The van der Waals surface area contributed by atoms with Gasteiger partial charge in [-0.3, -0.25) is 9.59 Å². The van der Waals surface area contributed by atoms with E-state index in [1.54, 1.807) is 26.8 Å². The van der Waals surface area contributed by atoms with Gasteiger partial charge in [-0.2, -0.15) is 0 Å². The van der Waals surface area contributed by atoms with Gasteiger partial charge in [-0.15, -0.1) is 0 Å². The molecule has 160 valence electrons. The molecule has 1 aliphatic heterocycles. The van der Waals surface area contributed by atoms with Crippen LogP contribution >= 0.6 is 11.6 Å². The van der Waals surface area contributed by atoms with Gasteiger partial charge in [0.1, 0.15) is 11.7 Å². The van der Waals surface area contributed by atoms with Crippen molar-refractivity contribution >= 4 is 29.3 Å². The first-order chi connectivity index (χ1) is 14.2. The van der Waals surface area contributed by atoms with Crippen LogP contribution in [0, 0.1) is 17.7 Å². The number of nitrogens with one attached hydrogen (secondary N) is 1. The Morgan fingerprint density at radius 3 is 2.63 bits per heavy atom. The molecule has 1 N–H and O–H groups in total. The number of allylic oxidation sites excluding steroid dienone is 3. The van der Waals surface area contributed by atoms with Gasteiger partial charge in [-0.25, -0.2) is 9.18 Å². The maximum atomic E-state index is 14.3. The van der Waals surface area contributed by atoms with E-state index in [0.717, 1.165) is 0 Å². The van der Waals surface area contributed by atoms with Crippen molar-refractivity contribution in [3.8, 4) is 0 Å². The van der Waals surface area contributed by atoms with E-state index in [2.05, 4.69) is 5.32 Å². The molecule has 0 fully saturated rings. The van der Waals surface area contributed by atoms with Crippen molar-refractivity contribution in [2.24, 2.45) is 11.8 Å². The first-order valence-electron chi connectivity index (χ1n) is 9.66. The Labute approximate surface area is 179 Å². The first kappa shape index (κ1) is 22.0. The molecule has 8 heteroatoms. The zero-order valence-electron chi connectivity index (χ0n) is 17.2. The summed E-state index contributed by atoms with van der Waals surface area (Å²) in [4.78, 5) is 38.6. The number of rotatable bonds is 4. The van der Waals surface area contributed by atoms with Gasteiger partial charge in [0.05, 0.1) is 24.3 Å². The minimum Gasteiger partial charge on any atom is -0.468 e. The highest BCUT2D eigenvalue weighted by Gasteiger charge is 2.47. The molecule has 0 radical (unpaired) electrons. The molecule has 3 rings (SSSR count). The van der Waals surface area contributed by atoms with Crippen LogP contribution in [-0.4, -0.2) is 31.4 Å². The minimum atomic E-state index is -1.00. The zero-order chi connectivity index (χ0) is 22.2. The Bertz CT molecular complexity index is 984. The molecule has 0 bridgehead atoms. The summed E-state index contributed by atoms with van der Waals surface area (Å²) in [5.41, 5.74) is 1.95. The molecule has 0 amide bonds. The minimum absolute atomic E-state index is 0.0729. The SMILES string of the molecule is CCOC(=O)C1=C(C)NC2=C(C(=O)[C@H](C(=O)OC)[C@H](C)C2)[C@@H]1c1ccc(Cl)c(F)c1. The number of carbonyl (C=O) groups excluding carboxylic acids is 3. The van der Waals surface area contributed by atoms with Crippen molar-refractivity contribution in [1.82, 2.24) is 5.32 Å². The van der Waals surface area contributed by atoms with E-state index in [-0.39, 0.29) is 28.7 Å². The fourth-order valence-electron chi connectivity index (χ4n) is 4.19. The van der Waals surface area contributed by atoms with Crippen LogP contribution in [0.1, 0.15) is 38.7 Å². The lowest BCUT2D eigenvalue weighted by atomic mass is 9.69. The normalized spacial score (nSPS) is 23.7. The van der Waals surface area contributed by atoms with Crippen molar-refractivity contribution in [3.05, 3.63) is 57.1 Å². The van der Waals surface area contributed by atoms with Crippen LogP contribution in [0.5, 0.6) is 0 Å². The van der Waals surface area contributed by atoms with Crippen molar-refractivity contribution in [2.45, 2.75) is 33.1 Å². The van der Waals surface area contributed by atoms with Gasteiger partial charge in [0.25, 0.3) is 0 Å². The molecule has 30 heavy (non-hydrogen) atoms. The third-order valence-electron chi connectivity index (χ3n) is 5.52. The Balaban J connectivity index is 2.21. The number of carbonyl (C=O) groups is 3. The van der Waals surface area contributed by atoms with E-state index < -0.39 is 35.4 Å². The lowest BCUT2D eigenvalue weighted by Gasteiger charge is -2.38. The maximum Gasteiger partial charge on any atom is 0.336 e. The predicted molar refractivity (Wildman–Crippen MR) is 108 cm³/mol. The molecule has 2 aliphatic rings. The van der Waals surface area contributed by atoms with Gasteiger partial charge in [0.2, 0.25) is 0 Å². The van der Waals surface area contributed by atoms with Crippen molar-refractivity contribution in [2.75, 3.05) is 13.7 Å². The van der Waals surface area contributed by atoms with E-state index >= 15 is 0 Å². The smallest absolute Gasteiger partial charge is 0.336 e.